The maximum atomic E-state index is 12.7. The summed E-state index contributed by atoms with van der Waals surface area (Å²) in [7, 11) is 0. The molecule has 1 aliphatic heterocycles. The van der Waals surface area contributed by atoms with Crippen molar-refractivity contribution in [2.45, 2.75) is 39.2 Å². The van der Waals surface area contributed by atoms with Crippen molar-refractivity contribution in [3.63, 3.8) is 0 Å². The van der Waals surface area contributed by atoms with Gasteiger partial charge in [-0.25, -0.2) is 4.98 Å². The molecule has 0 radical (unpaired) electrons. The van der Waals surface area contributed by atoms with E-state index in [-0.39, 0.29) is 24.4 Å². The number of amidine groups is 1. The molecule has 0 spiro atoms. The van der Waals surface area contributed by atoms with Gasteiger partial charge in [0.15, 0.2) is 12.4 Å². The number of rotatable bonds is 7. The number of amides is 1. The summed E-state index contributed by atoms with van der Waals surface area (Å²) in [5.74, 6) is 0.865. The van der Waals surface area contributed by atoms with Crippen molar-refractivity contribution in [3.05, 3.63) is 54.2 Å². The predicted molar refractivity (Wildman–Crippen MR) is 116 cm³/mol. The monoisotopic (exact) mass is 395 g/mol. The SMILES string of the molecule is CC(C)N(C(=O)CON=C(N)c1cccnc1N1CCCCC1)c1ccccc1. The molecule has 29 heavy (non-hydrogen) atoms. The van der Waals surface area contributed by atoms with E-state index >= 15 is 0 Å². The number of hydrogen-bond acceptors (Lipinski definition) is 5. The van der Waals surface area contributed by atoms with Crippen LogP contribution in [-0.4, -0.2) is 42.5 Å². The van der Waals surface area contributed by atoms with Crippen molar-refractivity contribution in [2.75, 3.05) is 29.5 Å². The third kappa shape index (κ3) is 5.25. The van der Waals surface area contributed by atoms with Gasteiger partial charge in [0.1, 0.15) is 5.82 Å². The summed E-state index contributed by atoms with van der Waals surface area (Å²) in [6.45, 7) is 5.65. The van der Waals surface area contributed by atoms with E-state index in [0.29, 0.717) is 0 Å². The summed E-state index contributed by atoms with van der Waals surface area (Å²) in [5.41, 5.74) is 7.72. The molecule has 0 saturated carbocycles. The molecular weight excluding hydrogens is 366 g/mol. The molecule has 7 heteroatoms. The molecule has 3 rings (SSSR count). The summed E-state index contributed by atoms with van der Waals surface area (Å²) in [6, 6.07) is 13.2. The average Bonchev–Trinajstić information content (AvgIpc) is 2.75. The minimum Gasteiger partial charge on any atom is -0.384 e. The Morgan fingerprint density at radius 1 is 1.17 bits per heavy atom. The second kappa shape index (κ2) is 9.91. The third-order valence-corrected chi connectivity index (χ3v) is 4.89. The first-order valence-corrected chi connectivity index (χ1v) is 10.1. The zero-order valence-corrected chi connectivity index (χ0v) is 17.1. The molecule has 7 nitrogen and oxygen atoms in total. The molecule has 1 aliphatic rings. The van der Waals surface area contributed by atoms with Gasteiger partial charge in [-0.1, -0.05) is 23.4 Å². The third-order valence-electron chi connectivity index (χ3n) is 4.89. The average molecular weight is 396 g/mol. The first kappa shape index (κ1) is 20.6. The van der Waals surface area contributed by atoms with Crippen molar-refractivity contribution in [2.24, 2.45) is 10.9 Å². The minimum atomic E-state index is -0.187. The van der Waals surface area contributed by atoms with Gasteiger partial charge in [-0.05, 0) is 57.4 Å². The molecule has 1 aromatic carbocycles. The standard InChI is InChI=1S/C22H29N5O2/c1-17(2)27(18-10-5-3-6-11-18)20(28)16-29-25-21(23)19-12-9-13-24-22(19)26-14-7-4-8-15-26/h3,5-6,9-13,17H,4,7-8,14-16H2,1-2H3,(H2,23,25). The van der Waals surface area contributed by atoms with Gasteiger partial charge < -0.3 is 20.4 Å². The fraction of sp³-hybridized carbons (Fsp3) is 0.409. The first-order chi connectivity index (χ1) is 14.1. The van der Waals surface area contributed by atoms with Crippen LogP contribution in [0.25, 0.3) is 0 Å². The first-order valence-electron chi connectivity index (χ1n) is 10.1. The van der Waals surface area contributed by atoms with Crippen LogP contribution in [0.4, 0.5) is 11.5 Å². The van der Waals surface area contributed by atoms with Crippen LogP contribution < -0.4 is 15.5 Å². The Hall–Kier alpha value is -3.09. The van der Waals surface area contributed by atoms with E-state index in [0.717, 1.165) is 43.0 Å². The molecule has 1 fully saturated rings. The molecule has 2 N–H and O–H groups in total. The second-order valence-electron chi connectivity index (χ2n) is 7.37. The van der Waals surface area contributed by atoms with E-state index in [1.165, 1.54) is 6.42 Å². The zero-order valence-electron chi connectivity index (χ0n) is 17.1. The number of nitrogens with zero attached hydrogens (tertiary/aromatic N) is 4. The Morgan fingerprint density at radius 2 is 1.90 bits per heavy atom. The van der Waals surface area contributed by atoms with Gasteiger partial charge in [-0.3, -0.25) is 4.79 Å². The van der Waals surface area contributed by atoms with Gasteiger partial charge in [0, 0.05) is 31.0 Å². The van der Waals surface area contributed by atoms with Crippen LogP contribution in [-0.2, 0) is 9.63 Å². The lowest BCUT2D eigenvalue weighted by Gasteiger charge is -2.29. The smallest absolute Gasteiger partial charge is 0.267 e. The normalized spacial score (nSPS) is 14.7. The van der Waals surface area contributed by atoms with E-state index < -0.39 is 0 Å². The van der Waals surface area contributed by atoms with Crippen LogP contribution in [0, 0.1) is 0 Å². The molecule has 1 amide bonds. The van der Waals surface area contributed by atoms with Crippen LogP contribution in [0.15, 0.2) is 53.8 Å². The lowest BCUT2D eigenvalue weighted by Crippen LogP contribution is -2.39. The number of para-hydroxylation sites is 1. The molecule has 0 bridgehead atoms. The van der Waals surface area contributed by atoms with Gasteiger partial charge in [0.2, 0.25) is 0 Å². The number of aromatic nitrogens is 1. The number of carbonyl (C=O) groups excluding carboxylic acids is 1. The van der Waals surface area contributed by atoms with Crippen molar-refractivity contribution in [1.29, 1.82) is 0 Å². The van der Waals surface area contributed by atoms with E-state index in [2.05, 4.69) is 15.0 Å². The Kier molecular flexibility index (Phi) is 7.05. The molecule has 0 atom stereocenters. The lowest BCUT2D eigenvalue weighted by atomic mass is 10.1. The molecule has 1 saturated heterocycles. The largest absolute Gasteiger partial charge is 0.384 e. The Bertz CT molecular complexity index is 832. The zero-order chi connectivity index (χ0) is 20.6. The Balaban J connectivity index is 1.68. The summed E-state index contributed by atoms with van der Waals surface area (Å²) in [6.07, 6.45) is 5.28. The maximum Gasteiger partial charge on any atom is 0.267 e. The predicted octanol–water partition coefficient (Wildman–Crippen LogP) is 3.15. The highest BCUT2D eigenvalue weighted by Crippen LogP contribution is 2.21. The molecule has 0 unspecified atom stereocenters. The fourth-order valence-electron chi connectivity index (χ4n) is 3.55. The van der Waals surface area contributed by atoms with Crippen LogP contribution >= 0.6 is 0 Å². The van der Waals surface area contributed by atoms with Crippen LogP contribution in [0.3, 0.4) is 0 Å². The highest BCUT2D eigenvalue weighted by Gasteiger charge is 2.20. The number of oxime groups is 1. The number of benzene rings is 1. The number of hydrogen-bond donors (Lipinski definition) is 1. The number of nitrogens with two attached hydrogens (primary N) is 1. The summed E-state index contributed by atoms with van der Waals surface area (Å²) in [4.78, 5) is 26.4. The molecular formula is C22H29N5O2. The van der Waals surface area contributed by atoms with E-state index in [1.807, 2.05) is 56.3 Å². The van der Waals surface area contributed by atoms with Crippen molar-refractivity contribution in [1.82, 2.24) is 4.98 Å². The Labute approximate surface area is 172 Å². The molecule has 154 valence electrons. The van der Waals surface area contributed by atoms with E-state index in [1.54, 1.807) is 11.1 Å². The number of piperidine rings is 1. The van der Waals surface area contributed by atoms with Crippen LogP contribution in [0.1, 0.15) is 38.7 Å². The van der Waals surface area contributed by atoms with E-state index in [4.69, 9.17) is 10.6 Å². The van der Waals surface area contributed by atoms with Crippen LogP contribution in [0.2, 0.25) is 0 Å². The summed E-state index contributed by atoms with van der Waals surface area (Å²) >= 11 is 0. The number of anilines is 2. The molecule has 2 aromatic rings. The quantitative estimate of drug-likeness (QED) is 0.442. The molecule has 2 heterocycles. The van der Waals surface area contributed by atoms with Gasteiger partial charge in [-0.15, -0.1) is 0 Å². The van der Waals surface area contributed by atoms with Crippen molar-refractivity contribution >= 4 is 23.2 Å². The minimum absolute atomic E-state index is 0.00106. The Morgan fingerprint density at radius 3 is 2.59 bits per heavy atom. The number of pyridine rings is 1. The van der Waals surface area contributed by atoms with Crippen LogP contribution in [0.5, 0.6) is 0 Å². The maximum absolute atomic E-state index is 12.7. The summed E-state index contributed by atoms with van der Waals surface area (Å²) in [5, 5.41) is 4.01. The summed E-state index contributed by atoms with van der Waals surface area (Å²) < 4.78 is 0. The van der Waals surface area contributed by atoms with Crippen molar-refractivity contribution in [3.8, 4) is 0 Å². The van der Waals surface area contributed by atoms with Gasteiger partial charge >= 0.3 is 0 Å². The fourth-order valence-corrected chi connectivity index (χ4v) is 3.55. The van der Waals surface area contributed by atoms with Crippen molar-refractivity contribution < 1.29 is 9.63 Å². The molecule has 0 aliphatic carbocycles. The van der Waals surface area contributed by atoms with Gasteiger partial charge in [-0.2, -0.15) is 0 Å². The lowest BCUT2D eigenvalue weighted by molar-refractivity contribution is -0.123. The number of carbonyl (C=O) groups is 1. The van der Waals surface area contributed by atoms with Gasteiger partial charge in [0.25, 0.3) is 5.91 Å². The molecule has 1 aromatic heterocycles. The highest BCUT2D eigenvalue weighted by atomic mass is 16.6. The van der Waals surface area contributed by atoms with Gasteiger partial charge in [0.05, 0.1) is 5.56 Å². The topological polar surface area (TPSA) is 84.0 Å². The van der Waals surface area contributed by atoms with E-state index in [9.17, 15) is 4.79 Å². The second-order valence-corrected chi connectivity index (χ2v) is 7.37. The highest BCUT2D eigenvalue weighted by molar-refractivity contribution is 6.01.